The molecule has 1 saturated carbocycles. The van der Waals surface area contributed by atoms with Crippen LogP contribution in [-0.4, -0.2) is 39.6 Å². The third-order valence-corrected chi connectivity index (χ3v) is 4.88. The predicted molar refractivity (Wildman–Crippen MR) is 76.7 cm³/mol. The number of amides is 1. The molecule has 1 aliphatic carbocycles. The standard InChI is InChI=1S/C15H19ClN2O2/c16-12-4-5-13(17-9-12)14(19)18-8-7-15(20)6-2-1-3-11(15)10-18/h4-5,9,11,20H,1-3,6-8,10H2. The van der Waals surface area contributed by atoms with Gasteiger partial charge in [0, 0.05) is 25.2 Å². The van der Waals surface area contributed by atoms with Gasteiger partial charge in [-0.2, -0.15) is 0 Å². The van der Waals surface area contributed by atoms with E-state index in [2.05, 4.69) is 4.98 Å². The van der Waals surface area contributed by atoms with Gasteiger partial charge in [0.25, 0.3) is 5.91 Å². The number of halogens is 1. The van der Waals surface area contributed by atoms with Gasteiger partial charge >= 0.3 is 0 Å². The Hall–Kier alpha value is -1.13. The van der Waals surface area contributed by atoms with Crippen molar-refractivity contribution in [3.05, 3.63) is 29.0 Å². The number of rotatable bonds is 1. The maximum Gasteiger partial charge on any atom is 0.272 e. The monoisotopic (exact) mass is 294 g/mol. The molecule has 1 aromatic rings. The van der Waals surface area contributed by atoms with Gasteiger partial charge < -0.3 is 10.0 Å². The number of likely N-dealkylation sites (tertiary alicyclic amines) is 1. The topological polar surface area (TPSA) is 53.4 Å². The molecule has 4 nitrogen and oxygen atoms in total. The zero-order valence-corrected chi connectivity index (χ0v) is 12.1. The Kier molecular flexibility index (Phi) is 3.69. The lowest BCUT2D eigenvalue weighted by molar-refractivity contribution is -0.0886. The maximum absolute atomic E-state index is 12.4. The molecule has 1 amide bonds. The van der Waals surface area contributed by atoms with Crippen LogP contribution in [0.3, 0.4) is 0 Å². The van der Waals surface area contributed by atoms with Crippen LogP contribution >= 0.6 is 11.6 Å². The SMILES string of the molecule is O=C(c1ccc(Cl)cn1)N1CCC2(O)CCCCC2C1. The third-order valence-electron chi connectivity index (χ3n) is 4.66. The molecule has 2 atom stereocenters. The second-order valence-corrected chi connectivity index (χ2v) is 6.35. The first-order chi connectivity index (χ1) is 9.58. The third kappa shape index (κ3) is 2.54. The molecule has 2 aliphatic rings. The van der Waals surface area contributed by atoms with E-state index >= 15 is 0 Å². The molecule has 1 N–H and O–H groups in total. The van der Waals surface area contributed by atoms with Crippen LogP contribution < -0.4 is 0 Å². The summed E-state index contributed by atoms with van der Waals surface area (Å²) in [6, 6.07) is 3.34. The molecule has 3 rings (SSSR count). The van der Waals surface area contributed by atoms with Crippen molar-refractivity contribution in [2.24, 2.45) is 5.92 Å². The van der Waals surface area contributed by atoms with Crippen molar-refractivity contribution in [3.63, 3.8) is 0 Å². The van der Waals surface area contributed by atoms with Crippen molar-refractivity contribution >= 4 is 17.5 Å². The molecule has 1 aliphatic heterocycles. The van der Waals surface area contributed by atoms with Crippen LogP contribution in [-0.2, 0) is 0 Å². The summed E-state index contributed by atoms with van der Waals surface area (Å²) in [5, 5.41) is 11.2. The van der Waals surface area contributed by atoms with Crippen molar-refractivity contribution < 1.29 is 9.90 Å². The highest BCUT2D eigenvalue weighted by Gasteiger charge is 2.43. The Bertz CT molecular complexity index is 505. The lowest BCUT2D eigenvalue weighted by Gasteiger charge is -2.47. The summed E-state index contributed by atoms with van der Waals surface area (Å²) < 4.78 is 0. The molecule has 2 unspecified atom stereocenters. The molecule has 108 valence electrons. The second kappa shape index (κ2) is 5.34. The molecule has 1 saturated heterocycles. The number of piperidine rings is 1. The normalized spacial score (nSPS) is 29.9. The molecular formula is C15H19ClN2O2. The molecule has 2 fully saturated rings. The number of carbonyl (C=O) groups is 1. The van der Waals surface area contributed by atoms with Gasteiger partial charge in [0.15, 0.2) is 0 Å². The van der Waals surface area contributed by atoms with Gasteiger partial charge in [-0.15, -0.1) is 0 Å². The summed E-state index contributed by atoms with van der Waals surface area (Å²) in [5.74, 6) is 0.149. The minimum atomic E-state index is -0.553. The van der Waals surface area contributed by atoms with Crippen LogP contribution in [0.5, 0.6) is 0 Å². The number of nitrogens with zero attached hydrogens (tertiary/aromatic N) is 2. The summed E-state index contributed by atoms with van der Waals surface area (Å²) >= 11 is 5.79. The van der Waals surface area contributed by atoms with E-state index in [0.29, 0.717) is 30.2 Å². The Morgan fingerprint density at radius 2 is 2.25 bits per heavy atom. The summed E-state index contributed by atoms with van der Waals surface area (Å²) in [7, 11) is 0. The molecule has 1 aromatic heterocycles. The Balaban J connectivity index is 1.72. The molecule has 5 heteroatoms. The van der Waals surface area contributed by atoms with E-state index < -0.39 is 5.60 Å². The van der Waals surface area contributed by atoms with Crippen LogP contribution in [0.15, 0.2) is 18.3 Å². The highest BCUT2D eigenvalue weighted by atomic mass is 35.5. The molecule has 0 spiro atoms. The minimum absolute atomic E-state index is 0.0608. The van der Waals surface area contributed by atoms with E-state index in [1.165, 1.54) is 6.20 Å². The van der Waals surface area contributed by atoms with Gasteiger partial charge in [0.1, 0.15) is 5.69 Å². The van der Waals surface area contributed by atoms with Crippen LogP contribution in [0.25, 0.3) is 0 Å². The smallest absolute Gasteiger partial charge is 0.272 e. The molecule has 0 radical (unpaired) electrons. The summed E-state index contributed by atoms with van der Waals surface area (Å²) in [6.45, 7) is 1.25. The highest BCUT2D eigenvalue weighted by molar-refractivity contribution is 6.30. The average Bonchev–Trinajstić information content (AvgIpc) is 2.46. The van der Waals surface area contributed by atoms with E-state index in [4.69, 9.17) is 11.6 Å². The van der Waals surface area contributed by atoms with Crippen molar-refractivity contribution in [2.75, 3.05) is 13.1 Å². The van der Waals surface area contributed by atoms with Crippen molar-refractivity contribution in [3.8, 4) is 0 Å². The van der Waals surface area contributed by atoms with Gasteiger partial charge in [-0.25, -0.2) is 4.98 Å². The summed E-state index contributed by atoms with van der Waals surface area (Å²) in [5.41, 5.74) is -0.127. The van der Waals surface area contributed by atoms with E-state index in [9.17, 15) is 9.90 Å². The van der Waals surface area contributed by atoms with Gasteiger partial charge in [-0.1, -0.05) is 24.4 Å². The van der Waals surface area contributed by atoms with Crippen LogP contribution in [0, 0.1) is 5.92 Å². The van der Waals surface area contributed by atoms with Crippen molar-refractivity contribution in [2.45, 2.75) is 37.7 Å². The molecule has 20 heavy (non-hydrogen) atoms. The zero-order valence-electron chi connectivity index (χ0n) is 11.4. The number of aromatic nitrogens is 1. The fourth-order valence-electron chi connectivity index (χ4n) is 3.42. The minimum Gasteiger partial charge on any atom is -0.389 e. The number of fused-ring (bicyclic) bond motifs is 1. The quantitative estimate of drug-likeness (QED) is 0.866. The lowest BCUT2D eigenvalue weighted by atomic mass is 9.71. The van der Waals surface area contributed by atoms with Crippen LogP contribution in [0.2, 0.25) is 5.02 Å². The predicted octanol–water partition coefficient (Wildman–Crippen LogP) is 2.50. The van der Waals surface area contributed by atoms with Crippen molar-refractivity contribution in [1.29, 1.82) is 0 Å². The van der Waals surface area contributed by atoms with Gasteiger partial charge in [0.05, 0.1) is 10.6 Å². The van der Waals surface area contributed by atoms with Gasteiger partial charge in [0.2, 0.25) is 0 Å². The number of pyridine rings is 1. The zero-order chi connectivity index (χ0) is 14.2. The molecule has 2 heterocycles. The molecular weight excluding hydrogens is 276 g/mol. The Morgan fingerprint density at radius 3 is 3.00 bits per heavy atom. The van der Waals surface area contributed by atoms with Crippen molar-refractivity contribution in [1.82, 2.24) is 9.88 Å². The summed E-state index contributed by atoms with van der Waals surface area (Å²) in [6.07, 6.45) is 6.30. The van der Waals surface area contributed by atoms with Crippen LogP contribution in [0.1, 0.15) is 42.6 Å². The Morgan fingerprint density at radius 1 is 1.40 bits per heavy atom. The first kappa shape index (κ1) is 13.8. The molecule has 0 aromatic carbocycles. The van der Waals surface area contributed by atoms with Crippen LogP contribution in [0.4, 0.5) is 0 Å². The van der Waals surface area contributed by atoms with E-state index in [-0.39, 0.29) is 11.8 Å². The largest absolute Gasteiger partial charge is 0.389 e. The maximum atomic E-state index is 12.4. The number of aliphatic hydroxyl groups is 1. The first-order valence-electron chi connectivity index (χ1n) is 7.22. The lowest BCUT2D eigenvalue weighted by Crippen LogP contribution is -2.54. The number of hydrogen-bond acceptors (Lipinski definition) is 3. The fraction of sp³-hybridized carbons (Fsp3) is 0.600. The Labute approximate surface area is 123 Å². The number of hydrogen-bond donors (Lipinski definition) is 1. The van der Waals surface area contributed by atoms with Gasteiger partial charge in [-0.3, -0.25) is 4.79 Å². The second-order valence-electron chi connectivity index (χ2n) is 5.91. The molecule has 0 bridgehead atoms. The van der Waals surface area contributed by atoms with E-state index in [1.807, 2.05) is 4.90 Å². The highest BCUT2D eigenvalue weighted by Crippen LogP contribution is 2.39. The fourth-order valence-corrected chi connectivity index (χ4v) is 3.53. The average molecular weight is 295 g/mol. The first-order valence-corrected chi connectivity index (χ1v) is 7.59. The summed E-state index contributed by atoms with van der Waals surface area (Å²) in [4.78, 5) is 18.3. The number of carbonyl (C=O) groups excluding carboxylic acids is 1. The van der Waals surface area contributed by atoms with Gasteiger partial charge in [-0.05, 0) is 31.4 Å². The van der Waals surface area contributed by atoms with E-state index in [1.54, 1.807) is 12.1 Å². The van der Waals surface area contributed by atoms with E-state index in [0.717, 1.165) is 25.7 Å².